The van der Waals surface area contributed by atoms with Crippen LogP contribution in [0.3, 0.4) is 0 Å². The average molecular weight is 412 g/mol. The molecule has 0 radical (unpaired) electrons. The van der Waals surface area contributed by atoms with E-state index in [1.54, 1.807) is 18.2 Å². The van der Waals surface area contributed by atoms with Gasteiger partial charge in [-0.25, -0.2) is 0 Å². The third kappa shape index (κ3) is 4.76. The molecule has 2 amide bonds. The minimum Gasteiger partial charge on any atom is -0.351 e. The summed E-state index contributed by atoms with van der Waals surface area (Å²) in [6, 6.07) is 8.57. The van der Waals surface area contributed by atoms with Gasteiger partial charge in [0, 0.05) is 44.3 Å². The fourth-order valence-corrected chi connectivity index (χ4v) is 4.01. The first kappa shape index (κ1) is 19.2. The molecule has 1 fully saturated rings. The SMILES string of the molecule is O=C(NCCN1CCN(C(=O)c2cccs2)CC1)c1ccc(Cl)cc1Cl. The molecule has 1 aliphatic heterocycles. The van der Waals surface area contributed by atoms with Gasteiger partial charge in [0.15, 0.2) is 0 Å². The maximum absolute atomic E-state index is 12.3. The Hall–Kier alpha value is -1.60. The van der Waals surface area contributed by atoms with Gasteiger partial charge in [0.1, 0.15) is 0 Å². The number of carbonyl (C=O) groups is 2. The van der Waals surface area contributed by atoms with E-state index in [9.17, 15) is 9.59 Å². The monoisotopic (exact) mass is 411 g/mol. The third-order valence-electron chi connectivity index (χ3n) is 4.28. The molecule has 3 rings (SSSR count). The molecule has 0 saturated carbocycles. The van der Waals surface area contributed by atoms with Gasteiger partial charge in [-0.15, -0.1) is 11.3 Å². The average Bonchev–Trinajstić information content (AvgIpc) is 3.16. The van der Waals surface area contributed by atoms with Crippen molar-refractivity contribution in [3.8, 4) is 0 Å². The van der Waals surface area contributed by atoms with Gasteiger partial charge in [-0.3, -0.25) is 14.5 Å². The quantitative estimate of drug-likeness (QED) is 0.821. The number of rotatable bonds is 5. The molecular weight excluding hydrogens is 393 g/mol. The summed E-state index contributed by atoms with van der Waals surface area (Å²) in [4.78, 5) is 29.4. The Labute approximate surface area is 166 Å². The van der Waals surface area contributed by atoms with Crippen molar-refractivity contribution in [1.29, 1.82) is 0 Å². The van der Waals surface area contributed by atoms with Crippen molar-refractivity contribution in [3.05, 3.63) is 56.2 Å². The van der Waals surface area contributed by atoms with Gasteiger partial charge in [-0.1, -0.05) is 29.3 Å². The van der Waals surface area contributed by atoms with Gasteiger partial charge in [0.05, 0.1) is 15.5 Å². The third-order valence-corrected chi connectivity index (χ3v) is 5.69. The van der Waals surface area contributed by atoms with Crippen molar-refractivity contribution in [2.45, 2.75) is 0 Å². The molecule has 2 heterocycles. The van der Waals surface area contributed by atoms with Crippen molar-refractivity contribution < 1.29 is 9.59 Å². The second-order valence-electron chi connectivity index (χ2n) is 5.99. The Morgan fingerprint density at radius 1 is 1.12 bits per heavy atom. The van der Waals surface area contributed by atoms with E-state index in [1.165, 1.54) is 11.3 Å². The van der Waals surface area contributed by atoms with Crippen LogP contribution in [0.2, 0.25) is 10.0 Å². The van der Waals surface area contributed by atoms with Crippen LogP contribution in [0.15, 0.2) is 35.7 Å². The zero-order valence-electron chi connectivity index (χ0n) is 14.1. The molecule has 0 atom stereocenters. The van der Waals surface area contributed by atoms with E-state index in [1.807, 2.05) is 22.4 Å². The Kier molecular flexibility index (Phi) is 6.53. The van der Waals surface area contributed by atoms with E-state index >= 15 is 0 Å². The van der Waals surface area contributed by atoms with Gasteiger partial charge >= 0.3 is 0 Å². The second-order valence-corrected chi connectivity index (χ2v) is 7.78. The smallest absolute Gasteiger partial charge is 0.264 e. The fraction of sp³-hybridized carbons (Fsp3) is 0.333. The predicted octanol–water partition coefficient (Wildman–Crippen LogP) is 3.24. The minimum absolute atomic E-state index is 0.102. The summed E-state index contributed by atoms with van der Waals surface area (Å²) in [6.45, 7) is 4.26. The van der Waals surface area contributed by atoms with E-state index in [2.05, 4.69) is 10.2 Å². The highest BCUT2D eigenvalue weighted by Gasteiger charge is 2.22. The highest BCUT2D eigenvalue weighted by atomic mass is 35.5. The molecule has 1 saturated heterocycles. The molecule has 8 heteroatoms. The van der Waals surface area contributed by atoms with E-state index < -0.39 is 0 Å². The topological polar surface area (TPSA) is 52.7 Å². The Balaban J connectivity index is 1.41. The lowest BCUT2D eigenvalue weighted by Crippen LogP contribution is -2.50. The summed E-state index contributed by atoms with van der Waals surface area (Å²) in [5.74, 6) is -0.108. The largest absolute Gasteiger partial charge is 0.351 e. The molecule has 0 unspecified atom stereocenters. The van der Waals surface area contributed by atoms with Gasteiger partial charge in [0.2, 0.25) is 0 Å². The molecule has 0 spiro atoms. The number of amides is 2. The Bertz CT molecular complexity index is 775. The fourth-order valence-electron chi connectivity index (χ4n) is 2.83. The minimum atomic E-state index is -0.210. The second kappa shape index (κ2) is 8.86. The summed E-state index contributed by atoms with van der Waals surface area (Å²) in [5.41, 5.74) is 0.419. The van der Waals surface area contributed by atoms with Crippen LogP contribution in [0, 0.1) is 0 Å². The van der Waals surface area contributed by atoms with Gasteiger partial charge < -0.3 is 10.2 Å². The van der Waals surface area contributed by atoms with Crippen LogP contribution < -0.4 is 5.32 Å². The van der Waals surface area contributed by atoms with Crippen LogP contribution in [0.4, 0.5) is 0 Å². The van der Waals surface area contributed by atoms with Crippen molar-refractivity contribution in [2.24, 2.45) is 0 Å². The van der Waals surface area contributed by atoms with Crippen LogP contribution in [-0.4, -0.2) is 60.9 Å². The molecule has 5 nitrogen and oxygen atoms in total. The van der Waals surface area contributed by atoms with Gasteiger partial charge in [-0.05, 0) is 29.6 Å². The van der Waals surface area contributed by atoms with Crippen LogP contribution in [0.25, 0.3) is 0 Å². The lowest BCUT2D eigenvalue weighted by molar-refractivity contribution is 0.0643. The first-order valence-electron chi connectivity index (χ1n) is 8.33. The zero-order chi connectivity index (χ0) is 18.5. The lowest BCUT2D eigenvalue weighted by Gasteiger charge is -2.34. The van der Waals surface area contributed by atoms with Gasteiger partial charge in [-0.2, -0.15) is 0 Å². The maximum atomic E-state index is 12.3. The molecule has 0 aliphatic carbocycles. The summed E-state index contributed by atoms with van der Waals surface area (Å²) in [7, 11) is 0. The van der Waals surface area contributed by atoms with E-state index in [0.29, 0.717) is 35.2 Å². The summed E-state index contributed by atoms with van der Waals surface area (Å²) >= 11 is 13.4. The van der Waals surface area contributed by atoms with E-state index in [4.69, 9.17) is 23.2 Å². The van der Waals surface area contributed by atoms with Gasteiger partial charge in [0.25, 0.3) is 11.8 Å². The highest BCUT2D eigenvalue weighted by Crippen LogP contribution is 2.20. The van der Waals surface area contributed by atoms with Crippen molar-refractivity contribution in [3.63, 3.8) is 0 Å². The normalized spacial score (nSPS) is 15.1. The number of hydrogen-bond acceptors (Lipinski definition) is 4. The van der Waals surface area contributed by atoms with Crippen LogP contribution in [0.1, 0.15) is 20.0 Å². The number of carbonyl (C=O) groups excluding carboxylic acids is 2. The first-order valence-corrected chi connectivity index (χ1v) is 9.96. The summed E-state index contributed by atoms with van der Waals surface area (Å²) in [5, 5.41) is 5.64. The molecule has 2 aromatic rings. The first-order chi connectivity index (χ1) is 12.5. The highest BCUT2D eigenvalue weighted by molar-refractivity contribution is 7.12. The number of benzene rings is 1. The standard InChI is InChI=1S/C18H19Cl2N3O2S/c19-13-3-4-14(15(20)12-13)17(24)21-5-6-22-7-9-23(10-8-22)18(25)16-2-1-11-26-16/h1-4,11-12H,5-10H2,(H,21,24). The maximum Gasteiger partial charge on any atom is 0.264 e. The Morgan fingerprint density at radius 2 is 1.88 bits per heavy atom. The molecule has 26 heavy (non-hydrogen) atoms. The molecule has 1 aromatic heterocycles. The van der Waals surface area contributed by atoms with E-state index in [0.717, 1.165) is 24.5 Å². The predicted molar refractivity (Wildman–Crippen MR) is 105 cm³/mol. The molecule has 1 aromatic carbocycles. The van der Waals surface area contributed by atoms with Crippen molar-refractivity contribution >= 4 is 46.4 Å². The van der Waals surface area contributed by atoms with Crippen LogP contribution in [-0.2, 0) is 0 Å². The lowest BCUT2D eigenvalue weighted by atomic mass is 10.2. The van der Waals surface area contributed by atoms with Crippen LogP contribution in [0.5, 0.6) is 0 Å². The molecule has 0 bridgehead atoms. The molecule has 1 N–H and O–H groups in total. The number of piperazine rings is 1. The molecule has 138 valence electrons. The summed E-state index contributed by atoms with van der Waals surface area (Å²) in [6.07, 6.45) is 0. The summed E-state index contributed by atoms with van der Waals surface area (Å²) < 4.78 is 0. The number of nitrogens with zero attached hydrogens (tertiary/aromatic N) is 2. The molecule has 1 aliphatic rings. The number of thiophene rings is 1. The number of halogens is 2. The molecular formula is C18H19Cl2N3O2S. The number of nitrogens with one attached hydrogen (secondary N) is 1. The zero-order valence-corrected chi connectivity index (χ0v) is 16.4. The van der Waals surface area contributed by atoms with Crippen molar-refractivity contribution in [1.82, 2.24) is 15.1 Å². The van der Waals surface area contributed by atoms with E-state index in [-0.39, 0.29) is 11.8 Å². The number of hydrogen-bond donors (Lipinski definition) is 1. The Morgan fingerprint density at radius 3 is 2.54 bits per heavy atom. The van der Waals surface area contributed by atoms with Crippen molar-refractivity contribution in [2.75, 3.05) is 39.3 Å². The van der Waals surface area contributed by atoms with Crippen LogP contribution >= 0.6 is 34.5 Å².